The molecule has 2 unspecified atom stereocenters. The van der Waals surface area contributed by atoms with Crippen molar-refractivity contribution in [2.24, 2.45) is 0 Å². The Morgan fingerprint density at radius 1 is 1.11 bits per heavy atom. The fourth-order valence-corrected chi connectivity index (χ4v) is 5.62. The Hall–Kier alpha value is -2.86. The van der Waals surface area contributed by atoms with Crippen molar-refractivity contribution >= 4 is 44.3 Å². The van der Waals surface area contributed by atoms with Gasteiger partial charge in [-0.1, -0.05) is 18.2 Å². The largest absolute Gasteiger partial charge is 0.481 e. The molecule has 11 heteroatoms. The second kappa shape index (κ2) is 12.6. The molecule has 0 aromatic heterocycles. The van der Waals surface area contributed by atoms with Crippen LogP contribution < -0.4 is 5.32 Å². The highest BCUT2D eigenvalue weighted by molar-refractivity contribution is 7.85. The summed E-state index contributed by atoms with van der Waals surface area (Å²) in [5, 5.41) is 12.2. The average molecular weight is 550 g/mol. The second-order valence-electron chi connectivity index (χ2n) is 9.20. The number of para-hydroxylation sites is 1. The SMILES string of the molecule is CC1(CCCS(=O)O)C(/C=C/Nc2ccccc2)=[N+](CCCCCC(=O)O)c2ccc(S(=O)(=O)O)cc21. The van der Waals surface area contributed by atoms with Gasteiger partial charge in [0.15, 0.2) is 16.8 Å². The molecule has 0 saturated heterocycles. The summed E-state index contributed by atoms with van der Waals surface area (Å²) in [6.07, 6.45) is 6.70. The van der Waals surface area contributed by atoms with Crippen LogP contribution in [0.1, 0.15) is 51.0 Å². The van der Waals surface area contributed by atoms with E-state index in [0.717, 1.165) is 17.1 Å². The quantitative estimate of drug-likeness (QED) is 0.116. The van der Waals surface area contributed by atoms with Crippen molar-refractivity contribution < 1.29 is 36.2 Å². The Balaban J connectivity index is 2.02. The summed E-state index contributed by atoms with van der Waals surface area (Å²) in [5.74, 6) is -0.752. The van der Waals surface area contributed by atoms with Crippen molar-refractivity contribution in [3.05, 3.63) is 66.4 Å². The first-order valence-electron chi connectivity index (χ1n) is 12.1. The lowest BCUT2D eigenvalue weighted by Gasteiger charge is -2.22. The van der Waals surface area contributed by atoms with Crippen LogP contribution in [0.4, 0.5) is 11.4 Å². The van der Waals surface area contributed by atoms with E-state index < -0.39 is 32.6 Å². The number of hydrogen-bond donors (Lipinski definition) is 4. The number of carboxylic acids is 1. The second-order valence-corrected chi connectivity index (χ2v) is 11.7. The number of hydrogen-bond acceptors (Lipinski definition) is 5. The van der Waals surface area contributed by atoms with E-state index in [1.165, 1.54) is 12.1 Å². The Kier molecular flexibility index (Phi) is 9.77. The molecule has 2 aromatic rings. The number of anilines is 1. The standard InChI is InChI=1S/C26H32N2O7S2/c1-26(15-8-18-36(31)32)22-19-21(37(33,34)35)12-13-23(22)28(17-7-3-6-11-25(29)30)24(26)14-16-27-20-9-4-2-5-10-20/h2,4-5,9-10,12-14,16,19H,3,6-8,11,15,17-18H2,1H3,(H3,29,30,31,32,33,34,35)/p+1. The van der Waals surface area contributed by atoms with Gasteiger partial charge in [-0.15, -0.1) is 0 Å². The van der Waals surface area contributed by atoms with Gasteiger partial charge in [-0.25, -0.2) is 4.21 Å². The highest BCUT2D eigenvalue weighted by Crippen LogP contribution is 2.44. The lowest BCUT2D eigenvalue weighted by atomic mass is 9.76. The number of nitrogens with zero attached hydrogens (tertiary/aromatic N) is 1. The molecule has 4 N–H and O–H groups in total. The maximum atomic E-state index is 11.9. The molecule has 0 bridgehead atoms. The summed E-state index contributed by atoms with van der Waals surface area (Å²) in [5.41, 5.74) is 2.56. The van der Waals surface area contributed by atoms with Gasteiger partial charge in [0.25, 0.3) is 10.1 Å². The summed E-state index contributed by atoms with van der Waals surface area (Å²) in [4.78, 5) is 10.7. The number of rotatable bonds is 14. The molecule has 1 aliphatic heterocycles. The number of nitrogens with one attached hydrogen (secondary N) is 1. The number of unbranched alkanes of at least 4 members (excludes halogenated alkanes) is 2. The first-order valence-corrected chi connectivity index (χ1v) is 14.8. The Bertz CT molecular complexity index is 1310. The van der Waals surface area contributed by atoms with Crippen molar-refractivity contribution in [2.75, 3.05) is 17.6 Å². The number of aliphatic carboxylic acids is 1. The highest BCUT2D eigenvalue weighted by Gasteiger charge is 2.47. The molecule has 0 amide bonds. The van der Waals surface area contributed by atoms with Crippen LogP contribution in [0.2, 0.25) is 0 Å². The van der Waals surface area contributed by atoms with Crippen LogP contribution in [0, 0.1) is 0 Å². The number of carboxylic acid groups (broad SMARTS) is 1. The van der Waals surface area contributed by atoms with Crippen LogP contribution in [-0.2, 0) is 31.4 Å². The van der Waals surface area contributed by atoms with E-state index in [1.807, 2.05) is 43.3 Å². The third kappa shape index (κ3) is 7.57. The van der Waals surface area contributed by atoms with Crippen molar-refractivity contribution in [2.45, 2.75) is 55.8 Å². The van der Waals surface area contributed by atoms with Gasteiger partial charge in [0.2, 0.25) is 5.69 Å². The molecule has 0 fully saturated rings. The first-order chi connectivity index (χ1) is 17.5. The monoisotopic (exact) mass is 549 g/mol. The zero-order valence-electron chi connectivity index (χ0n) is 20.7. The molecular weight excluding hydrogens is 516 g/mol. The molecule has 0 saturated carbocycles. The number of carbonyl (C=O) groups is 1. The fourth-order valence-electron chi connectivity index (χ4n) is 4.72. The summed E-state index contributed by atoms with van der Waals surface area (Å²) in [6, 6.07) is 14.1. The summed E-state index contributed by atoms with van der Waals surface area (Å²) >= 11 is -1.96. The number of fused-ring (bicyclic) bond motifs is 1. The zero-order valence-corrected chi connectivity index (χ0v) is 22.3. The molecule has 0 radical (unpaired) electrons. The third-order valence-electron chi connectivity index (χ3n) is 6.54. The van der Waals surface area contributed by atoms with Crippen LogP contribution >= 0.6 is 0 Å². The summed E-state index contributed by atoms with van der Waals surface area (Å²) in [7, 11) is -4.43. The number of benzene rings is 2. The zero-order chi connectivity index (χ0) is 27.1. The molecule has 200 valence electrons. The van der Waals surface area contributed by atoms with Crippen molar-refractivity contribution in [1.82, 2.24) is 0 Å². The normalized spacial score (nSPS) is 18.2. The first kappa shape index (κ1) is 28.7. The maximum absolute atomic E-state index is 11.9. The molecule has 3 rings (SSSR count). The van der Waals surface area contributed by atoms with E-state index in [0.29, 0.717) is 44.2 Å². The van der Waals surface area contributed by atoms with Crippen LogP contribution in [0.25, 0.3) is 0 Å². The summed E-state index contributed by atoms with van der Waals surface area (Å²) < 4.78 is 56.3. The molecule has 1 aliphatic rings. The van der Waals surface area contributed by atoms with E-state index in [-0.39, 0.29) is 17.1 Å². The Morgan fingerprint density at radius 2 is 1.84 bits per heavy atom. The number of allylic oxidation sites excluding steroid dienone is 1. The van der Waals surface area contributed by atoms with Gasteiger partial charge < -0.3 is 15.0 Å². The van der Waals surface area contributed by atoms with Crippen molar-refractivity contribution in [3.8, 4) is 0 Å². The van der Waals surface area contributed by atoms with Crippen molar-refractivity contribution in [1.29, 1.82) is 0 Å². The van der Waals surface area contributed by atoms with Crippen LogP contribution in [0.15, 0.2) is 65.7 Å². The van der Waals surface area contributed by atoms with E-state index in [4.69, 9.17) is 5.11 Å². The highest BCUT2D eigenvalue weighted by atomic mass is 32.2. The predicted octanol–water partition coefficient (Wildman–Crippen LogP) is 4.56. The minimum Gasteiger partial charge on any atom is -0.481 e. The smallest absolute Gasteiger partial charge is 0.303 e. The van der Waals surface area contributed by atoms with Gasteiger partial charge in [0.1, 0.15) is 6.54 Å². The van der Waals surface area contributed by atoms with Gasteiger partial charge in [-0.3, -0.25) is 9.35 Å². The van der Waals surface area contributed by atoms with Gasteiger partial charge in [0.05, 0.1) is 10.3 Å². The minimum atomic E-state index is -4.43. The molecule has 2 aromatic carbocycles. The topological polar surface area (TPSA) is 144 Å². The molecule has 0 spiro atoms. The molecule has 37 heavy (non-hydrogen) atoms. The Labute approximate surface area is 220 Å². The molecule has 1 heterocycles. The predicted molar refractivity (Wildman–Crippen MR) is 144 cm³/mol. The average Bonchev–Trinajstić information content (AvgIpc) is 3.06. The van der Waals surface area contributed by atoms with E-state index in [9.17, 15) is 26.5 Å². The van der Waals surface area contributed by atoms with E-state index in [1.54, 1.807) is 12.3 Å². The third-order valence-corrected chi connectivity index (χ3v) is 8.03. The van der Waals surface area contributed by atoms with Crippen LogP contribution in [0.3, 0.4) is 0 Å². The lowest BCUT2D eigenvalue weighted by Crippen LogP contribution is -2.32. The summed E-state index contributed by atoms with van der Waals surface area (Å²) in [6.45, 7) is 2.54. The van der Waals surface area contributed by atoms with E-state index >= 15 is 0 Å². The molecule has 9 nitrogen and oxygen atoms in total. The molecule has 2 atom stereocenters. The fraction of sp³-hybridized carbons (Fsp3) is 0.385. The van der Waals surface area contributed by atoms with Gasteiger partial charge >= 0.3 is 5.97 Å². The van der Waals surface area contributed by atoms with E-state index in [2.05, 4.69) is 9.89 Å². The Morgan fingerprint density at radius 3 is 2.49 bits per heavy atom. The van der Waals surface area contributed by atoms with Crippen molar-refractivity contribution in [3.63, 3.8) is 0 Å². The molecule has 0 aliphatic carbocycles. The van der Waals surface area contributed by atoms with Gasteiger partial charge in [-0.05, 0) is 56.9 Å². The van der Waals surface area contributed by atoms with Gasteiger partial charge in [0, 0.05) is 48.2 Å². The van der Waals surface area contributed by atoms with Gasteiger partial charge in [-0.2, -0.15) is 13.0 Å². The lowest BCUT2D eigenvalue weighted by molar-refractivity contribution is -0.438. The minimum absolute atomic E-state index is 0.0807. The van der Waals surface area contributed by atoms with Crippen LogP contribution in [-0.4, -0.2) is 55.4 Å². The maximum Gasteiger partial charge on any atom is 0.303 e. The molecular formula is C26H33N2O7S2+. The van der Waals surface area contributed by atoms with Crippen LogP contribution in [0.5, 0.6) is 0 Å².